The molecule has 3 heteroatoms. The molecule has 2 nitrogen and oxygen atoms in total. The van der Waals surface area contributed by atoms with Crippen molar-refractivity contribution in [3.05, 3.63) is 27.5 Å². The second-order valence-electron chi connectivity index (χ2n) is 2.48. The van der Waals surface area contributed by atoms with Crippen LogP contribution in [0.1, 0.15) is 5.69 Å². The van der Waals surface area contributed by atoms with Crippen LogP contribution in [0.2, 0.25) is 0 Å². The van der Waals surface area contributed by atoms with Gasteiger partial charge in [-0.05, 0) is 41.6 Å². The quantitative estimate of drug-likeness (QED) is 0.722. The Morgan fingerprint density at radius 2 is 2.27 bits per heavy atom. The normalized spacial score (nSPS) is 10.7. The monoisotopic (exact) mass is 258 g/mol. The average Bonchev–Trinajstić information content (AvgIpc) is 2.34. The maximum atomic E-state index is 4.15. The van der Waals surface area contributed by atoms with Gasteiger partial charge in [-0.2, -0.15) is 5.10 Å². The lowest BCUT2D eigenvalue weighted by molar-refractivity contribution is 1.07. The number of rotatable bonds is 0. The molecule has 0 radical (unpaired) electrons. The topological polar surface area (TPSA) is 28.7 Å². The lowest BCUT2D eigenvalue weighted by Gasteiger charge is -1.91. The molecule has 1 aromatic heterocycles. The molecule has 1 N–H and O–H groups in total. The van der Waals surface area contributed by atoms with Crippen LogP contribution in [0, 0.1) is 10.5 Å². The van der Waals surface area contributed by atoms with Crippen molar-refractivity contribution in [2.75, 3.05) is 0 Å². The van der Waals surface area contributed by atoms with Crippen LogP contribution in [0.5, 0.6) is 0 Å². The molecule has 0 aliphatic carbocycles. The maximum absolute atomic E-state index is 4.15. The number of H-pyrrole nitrogens is 1. The van der Waals surface area contributed by atoms with Gasteiger partial charge in [0.25, 0.3) is 0 Å². The Kier molecular flexibility index (Phi) is 1.60. The minimum Gasteiger partial charge on any atom is -0.282 e. The van der Waals surface area contributed by atoms with E-state index in [-0.39, 0.29) is 0 Å². The lowest BCUT2D eigenvalue weighted by atomic mass is 10.2. The molecule has 2 aromatic rings. The van der Waals surface area contributed by atoms with E-state index in [0.29, 0.717) is 0 Å². The van der Waals surface area contributed by atoms with E-state index in [1.165, 1.54) is 8.96 Å². The summed E-state index contributed by atoms with van der Waals surface area (Å²) >= 11 is 2.32. The number of halogens is 1. The van der Waals surface area contributed by atoms with E-state index in [9.17, 15) is 0 Å². The third kappa shape index (κ3) is 1.03. The van der Waals surface area contributed by atoms with Gasteiger partial charge in [-0.15, -0.1) is 0 Å². The maximum Gasteiger partial charge on any atom is 0.0934 e. The molecule has 0 amide bonds. The smallest absolute Gasteiger partial charge is 0.0934 e. The van der Waals surface area contributed by atoms with Crippen LogP contribution >= 0.6 is 22.6 Å². The highest BCUT2D eigenvalue weighted by Gasteiger charge is 2.02. The van der Waals surface area contributed by atoms with Crippen molar-refractivity contribution in [1.82, 2.24) is 10.2 Å². The Morgan fingerprint density at radius 1 is 1.45 bits per heavy atom. The number of nitrogens with one attached hydrogen (secondary N) is 1. The van der Waals surface area contributed by atoms with Gasteiger partial charge in [-0.25, -0.2) is 0 Å². The zero-order chi connectivity index (χ0) is 7.84. The fraction of sp³-hybridized carbons (Fsp3) is 0.125. The molecule has 56 valence electrons. The lowest BCUT2D eigenvalue weighted by Crippen LogP contribution is -1.74. The van der Waals surface area contributed by atoms with Crippen LogP contribution in [0.15, 0.2) is 18.2 Å². The van der Waals surface area contributed by atoms with Crippen LogP contribution < -0.4 is 0 Å². The fourth-order valence-corrected chi connectivity index (χ4v) is 2.07. The molecule has 0 aliphatic heterocycles. The van der Waals surface area contributed by atoms with Gasteiger partial charge in [-0.3, -0.25) is 5.10 Å². The molecule has 1 heterocycles. The van der Waals surface area contributed by atoms with E-state index < -0.39 is 0 Å². The molecule has 0 fully saturated rings. The molecular weight excluding hydrogens is 251 g/mol. The summed E-state index contributed by atoms with van der Waals surface area (Å²) in [5.74, 6) is 0. The van der Waals surface area contributed by atoms with Crippen molar-refractivity contribution in [1.29, 1.82) is 0 Å². The Labute approximate surface area is 78.1 Å². The molecule has 0 atom stereocenters. The predicted octanol–water partition coefficient (Wildman–Crippen LogP) is 2.48. The Bertz CT molecular complexity index is 392. The van der Waals surface area contributed by atoms with E-state index in [4.69, 9.17) is 0 Å². The highest BCUT2D eigenvalue weighted by Crippen LogP contribution is 2.20. The number of fused-ring (bicyclic) bond motifs is 1. The number of nitrogens with zero attached hydrogens (tertiary/aromatic N) is 1. The first-order chi connectivity index (χ1) is 5.29. The summed E-state index contributed by atoms with van der Waals surface area (Å²) in [6, 6.07) is 6.12. The number of hydrogen-bond donors (Lipinski definition) is 1. The van der Waals surface area contributed by atoms with E-state index in [1.54, 1.807) is 0 Å². The summed E-state index contributed by atoms with van der Waals surface area (Å²) in [4.78, 5) is 0. The molecule has 0 spiro atoms. The van der Waals surface area contributed by atoms with Gasteiger partial charge in [0.15, 0.2) is 0 Å². The molecule has 0 saturated carbocycles. The SMILES string of the molecule is Cc1[nH]nc2cccc(I)c12. The third-order valence-electron chi connectivity index (χ3n) is 1.71. The Morgan fingerprint density at radius 3 is 3.00 bits per heavy atom. The van der Waals surface area contributed by atoms with Gasteiger partial charge in [0.2, 0.25) is 0 Å². The molecule has 0 saturated heterocycles. The Hall–Kier alpha value is -0.580. The molecule has 1 aromatic carbocycles. The third-order valence-corrected chi connectivity index (χ3v) is 2.61. The van der Waals surface area contributed by atoms with Crippen LogP contribution in [0.4, 0.5) is 0 Å². The number of hydrogen-bond acceptors (Lipinski definition) is 1. The summed E-state index contributed by atoms with van der Waals surface area (Å²) in [6.07, 6.45) is 0. The molecule has 0 bridgehead atoms. The van der Waals surface area contributed by atoms with Gasteiger partial charge in [-0.1, -0.05) is 6.07 Å². The predicted molar refractivity (Wildman–Crippen MR) is 53.5 cm³/mol. The van der Waals surface area contributed by atoms with Gasteiger partial charge in [0.1, 0.15) is 0 Å². The zero-order valence-electron chi connectivity index (χ0n) is 6.06. The van der Waals surface area contributed by atoms with E-state index >= 15 is 0 Å². The number of aromatic nitrogens is 2. The second kappa shape index (κ2) is 2.48. The molecule has 0 aliphatic rings. The van der Waals surface area contributed by atoms with Crippen molar-refractivity contribution >= 4 is 33.5 Å². The first-order valence-corrected chi connectivity index (χ1v) is 4.46. The minimum absolute atomic E-state index is 1.05. The second-order valence-corrected chi connectivity index (χ2v) is 3.64. The molecule has 11 heavy (non-hydrogen) atoms. The van der Waals surface area contributed by atoms with Crippen molar-refractivity contribution in [2.24, 2.45) is 0 Å². The Balaban J connectivity index is 2.96. The average molecular weight is 258 g/mol. The molecular formula is C8H7IN2. The van der Waals surface area contributed by atoms with Crippen LogP contribution in [0.25, 0.3) is 10.9 Å². The summed E-state index contributed by atoms with van der Waals surface area (Å²) in [6.45, 7) is 2.04. The summed E-state index contributed by atoms with van der Waals surface area (Å²) in [5, 5.41) is 8.36. The highest BCUT2D eigenvalue weighted by atomic mass is 127. The molecule has 0 unspecified atom stereocenters. The summed E-state index contributed by atoms with van der Waals surface area (Å²) in [7, 11) is 0. The van der Waals surface area contributed by atoms with Crippen LogP contribution in [-0.2, 0) is 0 Å². The zero-order valence-corrected chi connectivity index (χ0v) is 8.21. The molecule has 2 rings (SSSR count). The van der Waals surface area contributed by atoms with Crippen LogP contribution in [-0.4, -0.2) is 10.2 Å². The summed E-state index contributed by atoms with van der Waals surface area (Å²) in [5.41, 5.74) is 2.19. The fourth-order valence-electron chi connectivity index (χ4n) is 1.18. The van der Waals surface area contributed by atoms with Crippen LogP contribution in [0.3, 0.4) is 0 Å². The van der Waals surface area contributed by atoms with Crippen molar-refractivity contribution in [2.45, 2.75) is 6.92 Å². The summed E-state index contributed by atoms with van der Waals surface area (Å²) < 4.78 is 1.26. The van der Waals surface area contributed by atoms with Gasteiger partial charge in [0.05, 0.1) is 5.52 Å². The van der Waals surface area contributed by atoms with Gasteiger partial charge in [0, 0.05) is 14.7 Å². The van der Waals surface area contributed by atoms with Crippen molar-refractivity contribution in [3.8, 4) is 0 Å². The minimum atomic E-state index is 1.05. The van der Waals surface area contributed by atoms with E-state index in [1.807, 2.05) is 19.1 Å². The number of aryl methyl sites for hydroxylation is 1. The first kappa shape index (κ1) is 7.09. The number of aromatic amines is 1. The van der Waals surface area contributed by atoms with E-state index in [0.717, 1.165) is 11.2 Å². The van der Waals surface area contributed by atoms with Gasteiger partial charge >= 0.3 is 0 Å². The van der Waals surface area contributed by atoms with Gasteiger partial charge < -0.3 is 0 Å². The standard InChI is InChI=1S/C8H7IN2/c1-5-8-6(9)3-2-4-7(8)11-10-5/h2-4H,1H3,(H,10,11). The van der Waals surface area contributed by atoms with Crippen molar-refractivity contribution in [3.63, 3.8) is 0 Å². The van der Waals surface area contributed by atoms with E-state index in [2.05, 4.69) is 38.9 Å². The highest BCUT2D eigenvalue weighted by molar-refractivity contribution is 14.1. The van der Waals surface area contributed by atoms with Crippen molar-refractivity contribution < 1.29 is 0 Å². The first-order valence-electron chi connectivity index (χ1n) is 3.38. The number of benzene rings is 1. The largest absolute Gasteiger partial charge is 0.282 e.